The minimum absolute atomic E-state index is 0.304. The number of halogens is 3. The number of carbonyl (C=O) groups is 1. The molecule has 0 bridgehead atoms. The molecule has 0 radical (unpaired) electrons. The Balaban J connectivity index is 1.58. The second kappa shape index (κ2) is 9.43. The summed E-state index contributed by atoms with van der Waals surface area (Å²) in [5.74, 6) is 0.492. The number of hydrogen-bond donors (Lipinski definition) is 1. The third-order valence-corrected chi connectivity index (χ3v) is 5.30. The zero-order valence-corrected chi connectivity index (χ0v) is 17.8. The summed E-state index contributed by atoms with van der Waals surface area (Å²) in [6.07, 6.45) is 3.71. The number of nitrogens with one attached hydrogen (secondary N) is 1. The van der Waals surface area contributed by atoms with Gasteiger partial charge in [-0.1, -0.05) is 6.92 Å². The quantitative estimate of drug-likeness (QED) is 0.586. The molecule has 1 atom stereocenters. The first-order chi connectivity index (χ1) is 15.8. The van der Waals surface area contributed by atoms with E-state index in [2.05, 4.69) is 36.8 Å². The molecule has 0 spiro atoms. The molecule has 10 heteroatoms. The minimum atomic E-state index is -4.78. The average Bonchev–Trinajstić information content (AvgIpc) is 2.79. The summed E-state index contributed by atoms with van der Waals surface area (Å²) >= 11 is 0. The topological polar surface area (TPSA) is 80.2 Å². The van der Waals surface area contributed by atoms with Crippen molar-refractivity contribution in [1.29, 1.82) is 0 Å². The number of hydrogen-bond acceptors (Lipinski definition) is 6. The highest BCUT2D eigenvalue weighted by Crippen LogP contribution is 2.32. The summed E-state index contributed by atoms with van der Waals surface area (Å²) < 4.78 is 40.8. The molecule has 2 aromatic heterocycles. The highest BCUT2D eigenvalue weighted by atomic mass is 19.4. The fourth-order valence-electron chi connectivity index (χ4n) is 3.81. The van der Waals surface area contributed by atoms with Gasteiger partial charge in [0.2, 0.25) is 0 Å². The first kappa shape index (κ1) is 22.5. The van der Waals surface area contributed by atoms with Gasteiger partial charge < -0.3 is 15.0 Å². The van der Waals surface area contributed by atoms with Crippen LogP contribution in [0.5, 0.6) is 5.75 Å². The molecule has 1 aromatic carbocycles. The van der Waals surface area contributed by atoms with Crippen LogP contribution in [0.15, 0.2) is 55.2 Å². The molecule has 1 aliphatic rings. The molecule has 3 aromatic rings. The predicted molar refractivity (Wildman–Crippen MR) is 117 cm³/mol. The van der Waals surface area contributed by atoms with Gasteiger partial charge in [0, 0.05) is 48.5 Å². The number of aromatic nitrogens is 3. The maximum absolute atomic E-state index is 12.8. The molecule has 172 valence electrons. The summed E-state index contributed by atoms with van der Waals surface area (Å²) in [4.78, 5) is 27.8. The third kappa shape index (κ3) is 5.76. The number of ether oxygens (including phenoxy) is 1. The van der Waals surface area contributed by atoms with Gasteiger partial charge in [0.1, 0.15) is 17.9 Å². The summed E-state index contributed by atoms with van der Waals surface area (Å²) in [7, 11) is 0. The van der Waals surface area contributed by atoms with Gasteiger partial charge in [-0.25, -0.2) is 15.0 Å². The van der Waals surface area contributed by atoms with Gasteiger partial charge in [0.25, 0.3) is 5.91 Å². The lowest BCUT2D eigenvalue weighted by molar-refractivity contribution is -0.274. The summed E-state index contributed by atoms with van der Waals surface area (Å²) in [6, 6.07) is 6.67. The Morgan fingerprint density at radius 2 is 1.88 bits per heavy atom. The Labute approximate surface area is 188 Å². The van der Waals surface area contributed by atoms with Gasteiger partial charge in [0.15, 0.2) is 0 Å². The van der Waals surface area contributed by atoms with Crippen molar-refractivity contribution in [3.05, 3.63) is 60.8 Å². The minimum Gasteiger partial charge on any atom is -0.406 e. The van der Waals surface area contributed by atoms with Crippen LogP contribution in [0.2, 0.25) is 0 Å². The lowest BCUT2D eigenvalue weighted by Gasteiger charge is -2.33. The standard InChI is InChI=1S/C23H22F3N5O2/c1-15-3-2-8-31(13-15)21-20(17-10-27-14-28-11-17)9-16(12-29-21)22(32)30-18-4-6-19(7-5-18)33-23(24,25)26/h4-7,9-12,14-15H,2-3,8,13H2,1H3,(H,30,32)/t15-/m0/s1. The van der Waals surface area contributed by atoms with Crippen molar-refractivity contribution in [3.63, 3.8) is 0 Å². The normalized spacial score (nSPS) is 16.4. The van der Waals surface area contributed by atoms with E-state index in [4.69, 9.17) is 0 Å². The highest BCUT2D eigenvalue weighted by molar-refractivity contribution is 6.05. The van der Waals surface area contributed by atoms with Gasteiger partial charge in [-0.05, 0) is 49.1 Å². The molecule has 1 N–H and O–H groups in total. The fraction of sp³-hybridized carbons (Fsp3) is 0.304. The number of anilines is 2. The van der Waals surface area contributed by atoms with E-state index in [1.165, 1.54) is 24.7 Å². The molecule has 1 aliphatic heterocycles. The van der Waals surface area contributed by atoms with Crippen LogP contribution in [0.4, 0.5) is 24.7 Å². The van der Waals surface area contributed by atoms with Crippen LogP contribution in [-0.4, -0.2) is 40.3 Å². The predicted octanol–water partition coefficient (Wildman–Crippen LogP) is 4.93. The Morgan fingerprint density at radius 3 is 2.55 bits per heavy atom. The maximum Gasteiger partial charge on any atom is 0.573 e. The van der Waals surface area contributed by atoms with Gasteiger partial charge in [-0.3, -0.25) is 4.79 Å². The van der Waals surface area contributed by atoms with E-state index in [0.717, 1.165) is 55.0 Å². The van der Waals surface area contributed by atoms with Crippen LogP contribution in [0, 0.1) is 5.92 Å². The Hall–Kier alpha value is -3.69. The number of amides is 1. The van der Waals surface area contributed by atoms with Crippen molar-refractivity contribution in [1.82, 2.24) is 15.0 Å². The molecule has 0 unspecified atom stereocenters. The maximum atomic E-state index is 12.8. The second-order valence-corrected chi connectivity index (χ2v) is 7.94. The van der Waals surface area contributed by atoms with Crippen molar-refractivity contribution in [2.75, 3.05) is 23.3 Å². The lowest BCUT2D eigenvalue weighted by atomic mass is 9.99. The largest absolute Gasteiger partial charge is 0.573 e. The van der Waals surface area contributed by atoms with Crippen LogP contribution < -0.4 is 15.0 Å². The van der Waals surface area contributed by atoms with Crippen molar-refractivity contribution >= 4 is 17.4 Å². The van der Waals surface area contributed by atoms with Crippen LogP contribution >= 0.6 is 0 Å². The average molecular weight is 457 g/mol. The second-order valence-electron chi connectivity index (χ2n) is 7.94. The molecular weight excluding hydrogens is 435 g/mol. The number of piperidine rings is 1. The monoisotopic (exact) mass is 457 g/mol. The van der Waals surface area contributed by atoms with E-state index in [1.807, 2.05) is 0 Å². The lowest BCUT2D eigenvalue weighted by Crippen LogP contribution is -2.35. The van der Waals surface area contributed by atoms with Crippen molar-refractivity contribution in [2.45, 2.75) is 26.1 Å². The van der Waals surface area contributed by atoms with E-state index >= 15 is 0 Å². The molecular formula is C23H22F3N5O2. The zero-order chi connectivity index (χ0) is 23.4. The van der Waals surface area contributed by atoms with Gasteiger partial charge in [-0.15, -0.1) is 13.2 Å². The molecule has 0 aliphatic carbocycles. The number of rotatable bonds is 5. The van der Waals surface area contributed by atoms with E-state index < -0.39 is 12.3 Å². The number of nitrogens with zero attached hydrogens (tertiary/aromatic N) is 4. The Bertz CT molecular complexity index is 1110. The van der Waals surface area contributed by atoms with Crippen molar-refractivity contribution in [3.8, 4) is 16.9 Å². The molecule has 33 heavy (non-hydrogen) atoms. The zero-order valence-electron chi connectivity index (χ0n) is 17.8. The molecule has 3 heterocycles. The van der Waals surface area contributed by atoms with Gasteiger partial charge in [-0.2, -0.15) is 0 Å². The number of alkyl halides is 3. The molecule has 1 saturated heterocycles. The number of benzene rings is 1. The summed E-state index contributed by atoms with van der Waals surface area (Å²) in [6.45, 7) is 3.94. The fourth-order valence-corrected chi connectivity index (χ4v) is 3.81. The third-order valence-electron chi connectivity index (χ3n) is 5.30. The van der Waals surface area contributed by atoms with E-state index in [1.54, 1.807) is 18.5 Å². The molecule has 1 amide bonds. The molecule has 7 nitrogen and oxygen atoms in total. The SMILES string of the molecule is C[C@H]1CCCN(c2ncc(C(=O)Nc3ccc(OC(F)(F)F)cc3)cc2-c2cncnc2)C1. The van der Waals surface area contributed by atoms with Gasteiger partial charge in [0.05, 0.1) is 5.56 Å². The van der Waals surface area contributed by atoms with E-state index in [0.29, 0.717) is 17.2 Å². The van der Waals surface area contributed by atoms with Crippen molar-refractivity contribution < 1.29 is 22.7 Å². The van der Waals surface area contributed by atoms with E-state index in [-0.39, 0.29) is 5.75 Å². The van der Waals surface area contributed by atoms with Gasteiger partial charge >= 0.3 is 6.36 Å². The van der Waals surface area contributed by atoms with Crippen LogP contribution in [0.25, 0.3) is 11.1 Å². The molecule has 1 fully saturated rings. The summed E-state index contributed by atoms with van der Waals surface area (Å²) in [5, 5.41) is 2.67. The summed E-state index contributed by atoms with van der Waals surface area (Å²) in [5.41, 5.74) is 2.11. The molecule has 4 rings (SSSR count). The Morgan fingerprint density at radius 1 is 1.15 bits per heavy atom. The Kier molecular flexibility index (Phi) is 6.43. The smallest absolute Gasteiger partial charge is 0.406 e. The van der Waals surface area contributed by atoms with Crippen molar-refractivity contribution in [2.24, 2.45) is 5.92 Å². The number of carbonyl (C=O) groups excluding carboxylic acids is 1. The van der Waals surface area contributed by atoms with Crippen LogP contribution in [0.1, 0.15) is 30.1 Å². The van der Waals surface area contributed by atoms with Crippen LogP contribution in [0.3, 0.4) is 0 Å². The first-order valence-electron chi connectivity index (χ1n) is 10.5. The highest BCUT2D eigenvalue weighted by Gasteiger charge is 2.31. The number of pyridine rings is 1. The van der Waals surface area contributed by atoms with Crippen LogP contribution in [-0.2, 0) is 0 Å². The molecule has 0 saturated carbocycles. The van der Waals surface area contributed by atoms with E-state index in [9.17, 15) is 18.0 Å². The first-order valence-corrected chi connectivity index (χ1v) is 10.5.